The van der Waals surface area contributed by atoms with Crippen molar-refractivity contribution in [3.8, 4) is 17.2 Å². The summed E-state index contributed by atoms with van der Waals surface area (Å²) in [4.78, 5) is 26.1. The van der Waals surface area contributed by atoms with Gasteiger partial charge in [0.05, 0.1) is 13.0 Å². The number of fused-ring (bicyclic) bond motifs is 3. The molecule has 43 heavy (non-hydrogen) atoms. The maximum absolute atomic E-state index is 13.6. The fourth-order valence-corrected chi connectivity index (χ4v) is 7.91. The summed E-state index contributed by atoms with van der Waals surface area (Å²) in [6, 6.07) is 13.0. The number of amides is 1. The van der Waals surface area contributed by atoms with Crippen LogP contribution in [0.15, 0.2) is 51.7 Å². The van der Waals surface area contributed by atoms with Crippen LogP contribution in [-0.2, 0) is 16.6 Å². The second-order valence-corrected chi connectivity index (χ2v) is 13.5. The smallest absolute Gasteiger partial charge is 0.227 e. The van der Waals surface area contributed by atoms with Gasteiger partial charge in [0.2, 0.25) is 17.1 Å². The van der Waals surface area contributed by atoms with Gasteiger partial charge in [-0.15, -0.1) is 0 Å². The van der Waals surface area contributed by atoms with E-state index in [1.165, 1.54) is 35.9 Å². The van der Waals surface area contributed by atoms with Crippen molar-refractivity contribution in [2.75, 3.05) is 13.7 Å². The van der Waals surface area contributed by atoms with Gasteiger partial charge < -0.3 is 24.7 Å². The van der Waals surface area contributed by atoms with Crippen molar-refractivity contribution in [1.29, 1.82) is 0 Å². The van der Waals surface area contributed by atoms with E-state index >= 15 is 0 Å². The van der Waals surface area contributed by atoms with E-state index in [-0.39, 0.29) is 40.4 Å². The molecular weight excluding hydrogens is 542 g/mol. The summed E-state index contributed by atoms with van der Waals surface area (Å²) in [6.45, 7) is 11.4. The molecule has 3 aromatic rings. The number of aryl methyl sites for hydroxylation is 2. The van der Waals surface area contributed by atoms with Gasteiger partial charge in [0.1, 0.15) is 5.76 Å². The predicted molar refractivity (Wildman–Crippen MR) is 167 cm³/mol. The molecule has 2 aliphatic carbocycles. The zero-order valence-electron chi connectivity index (χ0n) is 26.3. The standard InChI is InChI=1S/C36H45NO6/c1-21(2)23-8-11-27-25(17-23)10-13-31-35(4,14-7-15-36(27,31)5)20-37-32(40)19-26(24-9-12-28(38)30(18-24)42-6)34-33(41)29(39)16-22(3)43-34/h8-9,11-12,16-18,21,26,31,38,41H,7,10,13-15,19-20H2,1-6H3,(H,37,40)/t26?,31-,35-,36+/m0/s1. The highest BCUT2D eigenvalue weighted by Gasteiger charge is 2.51. The van der Waals surface area contributed by atoms with Gasteiger partial charge in [-0.25, -0.2) is 0 Å². The van der Waals surface area contributed by atoms with E-state index in [9.17, 15) is 19.8 Å². The second kappa shape index (κ2) is 11.7. The van der Waals surface area contributed by atoms with Crippen LogP contribution in [0, 0.1) is 18.3 Å². The summed E-state index contributed by atoms with van der Waals surface area (Å²) in [5, 5.41) is 24.1. The monoisotopic (exact) mass is 587 g/mol. The van der Waals surface area contributed by atoms with Crippen LogP contribution in [0.3, 0.4) is 0 Å². The van der Waals surface area contributed by atoms with Crippen molar-refractivity contribution < 1.29 is 24.2 Å². The first kappa shape index (κ1) is 30.7. The van der Waals surface area contributed by atoms with Crippen molar-refractivity contribution in [3.05, 3.63) is 86.5 Å². The number of carbonyl (C=O) groups excluding carboxylic acids is 1. The molecule has 4 atom stereocenters. The van der Waals surface area contributed by atoms with E-state index in [1.54, 1.807) is 19.1 Å². The Hall–Kier alpha value is -3.74. The molecule has 5 rings (SSSR count). The van der Waals surface area contributed by atoms with Crippen LogP contribution < -0.4 is 15.5 Å². The van der Waals surface area contributed by atoms with Crippen LogP contribution in [0.25, 0.3) is 0 Å². The fraction of sp³-hybridized carbons (Fsp3) is 0.500. The first-order valence-corrected chi connectivity index (χ1v) is 15.5. The fourth-order valence-electron chi connectivity index (χ4n) is 7.91. The molecule has 0 aliphatic heterocycles. The van der Waals surface area contributed by atoms with Gasteiger partial charge in [0.25, 0.3) is 0 Å². The predicted octanol–water partition coefficient (Wildman–Crippen LogP) is 6.84. The number of hydrogen-bond donors (Lipinski definition) is 3. The molecule has 0 bridgehead atoms. The minimum atomic E-state index is -0.761. The maximum Gasteiger partial charge on any atom is 0.227 e. The lowest BCUT2D eigenvalue weighted by atomic mass is 9.49. The molecule has 3 N–H and O–H groups in total. The number of ether oxygens (including phenoxy) is 1. The summed E-state index contributed by atoms with van der Waals surface area (Å²) < 4.78 is 11.1. The highest BCUT2D eigenvalue weighted by Crippen LogP contribution is 2.57. The average Bonchev–Trinajstić information content (AvgIpc) is 2.97. The molecule has 7 nitrogen and oxygen atoms in total. The van der Waals surface area contributed by atoms with Gasteiger partial charge in [-0.3, -0.25) is 9.59 Å². The Balaban J connectivity index is 1.39. The molecule has 0 saturated heterocycles. The lowest BCUT2D eigenvalue weighted by Gasteiger charge is -2.55. The van der Waals surface area contributed by atoms with Crippen LogP contribution in [0.4, 0.5) is 0 Å². The Morgan fingerprint density at radius 3 is 2.56 bits per heavy atom. The number of benzene rings is 2. The van der Waals surface area contributed by atoms with E-state index in [2.05, 4.69) is 51.2 Å². The normalized spacial score (nSPS) is 23.7. The highest BCUT2D eigenvalue weighted by molar-refractivity contribution is 5.77. The number of nitrogens with one attached hydrogen (secondary N) is 1. The van der Waals surface area contributed by atoms with E-state index in [4.69, 9.17) is 9.15 Å². The zero-order chi connectivity index (χ0) is 31.1. The second-order valence-electron chi connectivity index (χ2n) is 13.5. The average molecular weight is 588 g/mol. The number of phenolic OH excluding ortho intramolecular Hbond substituents is 1. The molecule has 230 valence electrons. The zero-order valence-corrected chi connectivity index (χ0v) is 26.3. The summed E-state index contributed by atoms with van der Waals surface area (Å²) >= 11 is 0. The lowest BCUT2D eigenvalue weighted by Crippen LogP contribution is -2.53. The number of aromatic hydroxyl groups is 2. The summed E-state index contributed by atoms with van der Waals surface area (Å²) in [6.07, 6.45) is 5.38. The van der Waals surface area contributed by atoms with E-state index in [0.717, 1.165) is 32.1 Å². The molecule has 7 heteroatoms. The van der Waals surface area contributed by atoms with Crippen LogP contribution in [0.5, 0.6) is 17.2 Å². The molecule has 0 spiro atoms. The Kier molecular flexibility index (Phi) is 8.39. The number of hydrogen-bond acceptors (Lipinski definition) is 6. The van der Waals surface area contributed by atoms with Gasteiger partial charge in [-0.05, 0) is 89.7 Å². The van der Waals surface area contributed by atoms with E-state index < -0.39 is 17.1 Å². The van der Waals surface area contributed by atoms with Gasteiger partial charge >= 0.3 is 0 Å². The number of phenols is 1. The molecule has 2 aliphatic rings. The van der Waals surface area contributed by atoms with Crippen molar-refractivity contribution in [3.63, 3.8) is 0 Å². The lowest BCUT2D eigenvalue weighted by molar-refractivity contribution is -0.122. The molecule has 1 unspecified atom stereocenters. The third-order valence-corrected chi connectivity index (χ3v) is 10.2. The van der Waals surface area contributed by atoms with Crippen molar-refractivity contribution >= 4 is 5.91 Å². The van der Waals surface area contributed by atoms with Crippen LogP contribution in [-0.4, -0.2) is 29.8 Å². The molecule has 1 fully saturated rings. The Bertz CT molecular complexity index is 1570. The van der Waals surface area contributed by atoms with Crippen molar-refractivity contribution in [2.45, 2.75) is 90.4 Å². The van der Waals surface area contributed by atoms with Crippen LogP contribution >= 0.6 is 0 Å². The topological polar surface area (TPSA) is 109 Å². The van der Waals surface area contributed by atoms with Gasteiger partial charge in [-0.2, -0.15) is 0 Å². The first-order valence-electron chi connectivity index (χ1n) is 15.5. The number of rotatable bonds is 8. The van der Waals surface area contributed by atoms with Crippen LogP contribution in [0.1, 0.15) is 105 Å². The largest absolute Gasteiger partial charge is 0.504 e. The third-order valence-electron chi connectivity index (χ3n) is 10.2. The minimum absolute atomic E-state index is 0.0222. The molecular formula is C36H45NO6. The highest BCUT2D eigenvalue weighted by atomic mass is 16.5. The molecule has 1 amide bonds. The first-order chi connectivity index (χ1) is 20.4. The number of methoxy groups -OCH3 is 1. The molecule has 2 aromatic carbocycles. The van der Waals surface area contributed by atoms with E-state index in [0.29, 0.717) is 29.7 Å². The quantitative estimate of drug-likeness (QED) is 0.266. The Morgan fingerprint density at radius 2 is 1.84 bits per heavy atom. The van der Waals surface area contributed by atoms with Crippen molar-refractivity contribution in [1.82, 2.24) is 5.32 Å². The van der Waals surface area contributed by atoms with Crippen molar-refractivity contribution in [2.24, 2.45) is 11.3 Å². The third kappa shape index (κ3) is 5.78. The summed E-state index contributed by atoms with van der Waals surface area (Å²) in [5.41, 5.74) is 4.33. The van der Waals surface area contributed by atoms with Crippen LogP contribution in [0.2, 0.25) is 0 Å². The SMILES string of the molecule is COc1cc(C(CC(=O)NC[C@]2(C)CCC[C@]3(C)c4ccc(C(C)C)cc4CC[C@@H]23)c2oc(C)cc(=O)c2O)ccc1O. The Labute approximate surface area is 254 Å². The minimum Gasteiger partial charge on any atom is -0.504 e. The van der Waals surface area contributed by atoms with E-state index in [1.807, 2.05) is 0 Å². The molecule has 0 radical (unpaired) electrons. The van der Waals surface area contributed by atoms with Gasteiger partial charge in [0, 0.05) is 19.0 Å². The summed E-state index contributed by atoms with van der Waals surface area (Å²) in [5.74, 6) is -0.0138. The maximum atomic E-state index is 13.6. The Morgan fingerprint density at radius 1 is 1.09 bits per heavy atom. The number of carbonyl (C=O) groups is 1. The molecule has 1 saturated carbocycles. The van der Waals surface area contributed by atoms with Gasteiger partial charge in [0.15, 0.2) is 17.3 Å². The molecule has 1 heterocycles. The van der Waals surface area contributed by atoms with Gasteiger partial charge in [-0.1, -0.05) is 58.4 Å². The molecule has 1 aromatic heterocycles. The summed E-state index contributed by atoms with van der Waals surface area (Å²) in [7, 11) is 1.44.